The van der Waals surface area contributed by atoms with Crippen LogP contribution in [0.15, 0.2) is 47.6 Å². The van der Waals surface area contributed by atoms with Gasteiger partial charge in [0.05, 0.1) is 0 Å². The first kappa shape index (κ1) is 12.0. The molecule has 3 heteroatoms. The van der Waals surface area contributed by atoms with E-state index in [1.807, 2.05) is 18.2 Å². The number of carbonyl (C=O) groups excluding carboxylic acids is 1. The molecule has 2 N–H and O–H groups in total. The van der Waals surface area contributed by atoms with Gasteiger partial charge in [-0.2, -0.15) is 0 Å². The highest BCUT2D eigenvalue weighted by atomic mass is 16.3. The first-order chi connectivity index (χ1) is 8.19. The van der Waals surface area contributed by atoms with E-state index in [0.29, 0.717) is 5.92 Å². The van der Waals surface area contributed by atoms with Crippen LogP contribution in [0.25, 0.3) is 0 Å². The summed E-state index contributed by atoms with van der Waals surface area (Å²) in [7, 11) is 0. The SMILES string of the molecule is O=CC1=CC=CC(CC2=CC(O)C(O)C=C2)C1. The molecule has 0 aromatic rings. The number of hydrogen-bond donors (Lipinski definition) is 2. The lowest BCUT2D eigenvalue weighted by Gasteiger charge is -2.21. The minimum Gasteiger partial charge on any atom is -0.386 e. The van der Waals surface area contributed by atoms with Gasteiger partial charge in [0.25, 0.3) is 0 Å². The highest BCUT2D eigenvalue weighted by Crippen LogP contribution is 2.26. The van der Waals surface area contributed by atoms with Crippen molar-refractivity contribution in [2.24, 2.45) is 5.92 Å². The number of aldehydes is 1. The molecule has 2 aliphatic carbocycles. The maximum Gasteiger partial charge on any atom is 0.146 e. The first-order valence-electron chi connectivity index (χ1n) is 5.76. The fourth-order valence-corrected chi connectivity index (χ4v) is 2.15. The number of aliphatic hydroxyl groups excluding tert-OH is 2. The number of carbonyl (C=O) groups is 1. The van der Waals surface area contributed by atoms with E-state index in [1.165, 1.54) is 0 Å². The second kappa shape index (κ2) is 5.25. The van der Waals surface area contributed by atoms with Crippen molar-refractivity contribution in [2.45, 2.75) is 25.0 Å². The van der Waals surface area contributed by atoms with Crippen molar-refractivity contribution in [3.05, 3.63) is 47.6 Å². The van der Waals surface area contributed by atoms with Crippen LogP contribution < -0.4 is 0 Å². The van der Waals surface area contributed by atoms with Crippen LogP contribution >= 0.6 is 0 Å². The van der Waals surface area contributed by atoms with E-state index >= 15 is 0 Å². The molecule has 0 saturated carbocycles. The lowest BCUT2D eigenvalue weighted by molar-refractivity contribution is -0.105. The Morgan fingerprint density at radius 2 is 2.12 bits per heavy atom. The topological polar surface area (TPSA) is 57.5 Å². The molecule has 90 valence electrons. The molecule has 3 unspecified atom stereocenters. The van der Waals surface area contributed by atoms with Gasteiger partial charge in [0.15, 0.2) is 0 Å². The quantitative estimate of drug-likeness (QED) is 0.721. The van der Waals surface area contributed by atoms with Crippen molar-refractivity contribution < 1.29 is 15.0 Å². The van der Waals surface area contributed by atoms with Gasteiger partial charge >= 0.3 is 0 Å². The van der Waals surface area contributed by atoms with Gasteiger partial charge in [-0.15, -0.1) is 0 Å². The Morgan fingerprint density at radius 3 is 2.82 bits per heavy atom. The molecule has 3 nitrogen and oxygen atoms in total. The summed E-state index contributed by atoms with van der Waals surface area (Å²) in [5.74, 6) is 0.290. The van der Waals surface area contributed by atoms with Crippen LogP contribution in [0.5, 0.6) is 0 Å². The van der Waals surface area contributed by atoms with Gasteiger partial charge in [-0.05, 0) is 29.9 Å². The number of aliphatic hydroxyl groups is 2. The van der Waals surface area contributed by atoms with Gasteiger partial charge in [-0.25, -0.2) is 0 Å². The molecule has 17 heavy (non-hydrogen) atoms. The lowest BCUT2D eigenvalue weighted by atomic mass is 9.87. The maximum absolute atomic E-state index is 10.7. The first-order valence-corrected chi connectivity index (χ1v) is 5.76. The van der Waals surface area contributed by atoms with E-state index in [1.54, 1.807) is 12.2 Å². The predicted octanol–water partition coefficient (Wildman–Crippen LogP) is 1.30. The Kier molecular flexibility index (Phi) is 3.71. The molecule has 2 rings (SSSR count). The average molecular weight is 232 g/mol. The zero-order valence-corrected chi connectivity index (χ0v) is 9.49. The van der Waals surface area contributed by atoms with E-state index in [0.717, 1.165) is 30.3 Å². The van der Waals surface area contributed by atoms with Gasteiger partial charge in [-0.1, -0.05) is 36.5 Å². The molecule has 0 aliphatic heterocycles. The second-order valence-electron chi connectivity index (χ2n) is 4.49. The van der Waals surface area contributed by atoms with Gasteiger partial charge in [0.2, 0.25) is 0 Å². The average Bonchev–Trinajstić information content (AvgIpc) is 2.34. The van der Waals surface area contributed by atoms with Crippen molar-refractivity contribution in [2.75, 3.05) is 0 Å². The minimum atomic E-state index is -0.816. The Labute approximate surface area is 100 Å². The summed E-state index contributed by atoms with van der Waals surface area (Å²) in [4.78, 5) is 10.7. The zero-order valence-electron chi connectivity index (χ0n) is 9.49. The molecule has 0 aromatic carbocycles. The number of hydrogen-bond acceptors (Lipinski definition) is 3. The summed E-state index contributed by atoms with van der Waals surface area (Å²) in [6.07, 6.45) is 11.7. The Balaban J connectivity index is 1.97. The Bertz CT molecular complexity index is 415. The van der Waals surface area contributed by atoms with Crippen molar-refractivity contribution >= 4 is 6.29 Å². The second-order valence-corrected chi connectivity index (χ2v) is 4.49. The third-order valence-electron chi connectivity index (χ3n) is 3.08. The van der Waals surface area contributed by atoms with Crippen LogP contribution in [0.2, 0.25) is 0 Å². The van der Waals surface area contributed by atoms with Crippen LogP contribution in [0.4, 0.5) is 0 Å². The number of allylic oxidation sites excluding steroid dienone is 6. The third kappa shape index (κ3) is 3.02. The smallest absolute Gasteiger partial charge is 0.146 e. The summed E-state index contributed by atoms with van der Waals surface area (Å²) in [6, 6.07) is 0. The van der Waals surface area contributed by atoms with Gasteiger partial charge < -0.3 is 10.2 Å². The van der Waals surface area contributed by atoms with Gasteiger partial charge in [0, 0.05) is 0 Å². The van der Waals surface area contributed by atoms with E-state index < -0.39 is 12.2 Å². The van der Waals surface area contributed by atoms with Crippen LogP contribution in [0, 0.1) is 5.92 Å². The Morgan fingerprint density at radius 1 is 1.29 bits per heavy atom. The van der Waals surface area contributed by atoms with E-state index in [9.17, 15) is 15.0 Å². The number of rotatable bonds is 3. The molecule has 0 heterocycles. The van der Waals surface area contributed by atoms with Crippen LogP contribution in [-0.2, 0) is 4.79 Å². The van der Waals surface area contributed by atoms with Gasteiger partial charge in [-0.3, -0.25) is 4.79 Å². The molecule has 2 aliphatic rings. The molecule has 3 atom stereocenters. The zero-order chi connectivity index (χ0) is 12.3. The van der Waals surface area contributed by atoms with Crippen molar-refractivity contribution in [3.63, 3.8) is 0 Å². The summed E-state index contributed by atoms with van der Waals surface area (Å²) < 4.78 is 0. The molecule has 0 amide bonds. The summed E-state index contributed by atoms with van der Waals surface area (Å²) in [5, 5.41) is 18.8. The highest BCUT2D eigenvalue weighted by Gasteiger charge is 2.18. The van der Waals surface area contributed by atoms with E-state index in [2.05, 4.69) is 6.08 Å². The molecular formula is C14H16O3. The highest BCUT2D eigenvalue weighted by molar-refractivity contribution is 5.74. The predicted molar refractivity (Wildman–Crippen MR) is 65.2 cm³/mol. The summed E-state index contributed by atoms with van der Waals surface area (Å²) >= 11 is 0. The fraction of sp³-hybridized carbons (Fsp3) is 0.357. The normalized spacial score (nSPS) is 32.0. The van der Waals surface area contributed by atoms with Crippen LogP contribution in [-0.4, -0.2) is 28.7 Å². The van der Waals surface area contributed by atoms with E-state index in [4.69, 9.17) is 0 Å². The maximum atomic E-state index is 10.7. The monoisotopic (exact) mass is 232 g/mol. The summed E-state index contributed by atoms with van der Waals surface area (Å²) in [6.45, 7) is 0. The molecule has 0 bridgehead atoms. The van der Waals surface area contributed by atoms with Crippen LogP contribution in [0.1, 0.15) is 12.8 Å². The van der Waals surface area contributed by atoms with Crippen molar-refractivity contribution in [1.82, 2.24) is 0 Å². The fourth-order valence-electron chi connectivity index (χ4n) is 2.15. The van der Waals surface area contributed by atoms with Crippen molar-refractivity contribution in [3.8, 4) is 0 Å². The third-order valence-corrected chi connectivity index (χ3v) is 3.08. The lowest BCUT2D eigenvalue weighted by Crippen LogP contribution is -2.24. The largest absolute Gasteiger partial charge is 0.386 e. The van der Waals surface area contributed by atoms with E-state index in [-0.39, 0.29) is 0 Å². The van der Waals surface area contributed by atoms with Crippen LogP contribution in [0.3, 0.4) is 0 Å². The molecule has 0 radical (unpaired) electrons. The molecule has 0 aromatic heterocycles. The molecule has 0 fully saturated rings. The van der Waals surface area contributed by atoms with Crippen molar-refractivity contribution in [1.29, 1.82) is 0 Å². The molecule has 0 spiro atoms. The molecule has 0 saturated heterocycles. The Hall–Kier alpha value is -1.45. The summed E-state index contributed by atoms with van der Waals surface area (Å²) in [5.41, 5.74) is 1.81. The standard InChI is InChI=1S/C14H16O3/c15-9-12-3-1-2-10(7-12)6-11-4-5-13(16)14(17)8-11/h1-5,8-10,13-14,16-17H,6-7H2. The minimum absolute atomic E-state index is 0.290. The van der Waals surface area contributed by atoms with Gasteiger partial charge in [0.1, 0.15) is 18.5 Å². The molecular weight excluding hydrogens is 216 g/mol.